The maximum absolute atomic E-state index is 13.7. The van der Waals surface area contributed by atoms with Gasteiger partial charge in [-0.25, -0.2) is 0 Å². The molecule has 1 aliphatic heterocycles. The number of rotatable bonds is 4. The average Bonchev–Trinajstić information content (AvgIpc) is 2.70. The lowest BCUT2D eigenvalue weighted by Gasteiger charge is -2.33. The normalized spacial score (nSPS) is 18.5. The lowest BCUT2D eigenvalue weighted by Crippen LogP contribution is -2.39. The zero-order valence-electron chi connectivity index (χ0n) is 15.7. The molecule has 9 heteroatoms. The minimum atomic E-state index is -4.71. The smallest absolute Gasteiger partial charge is 0.416 e. The van der Waals surface area contributed by atoms with Crippen molar-refractivity contribution >= 4 is 11.9 Å². The van der Waals surface area contributed by atoms with Gasteiger partial charge in [-0.05, 0) is 11.6 Å². The quantitative estimate of drug-likeness (QED) is 0.436. The molecule has 2 aromatic rings. The summed E-state index contributed by atoms with van der Waals surface area (Å²) >= 11 is 0. The third kappa shape index (κ3) is 3.59. The Hall–Kier alpha value is -3.23. The summed E-state index contributed by atoms with van der Waals surface area (Å²) in [6, 6.07) is 7.53. The Morgan fingerprint density at radius 2 is 1.76 bits per heavy atom. The predicted molar refractivity (Wildman–Crippen MR) is 94.0 cm³/mol. The zero-order valence-corrected chi connectivity index (χ0v) is 15.7. The van der Waals surface area contributed by atoms with E-state index in [1.165, 1.54) is 44.6 Å². The lowest BCUT2D eigenvalue weighted by atomic mass is 9.76. The van der Waals surface area contributed by atoms with Crippen LogP contribution in [-0.4, -0.2) is 33.3 Å². The number of esters is 2. The molecule has 0 radical (unpaired) electrons. The molecule has 6 nitrogen and oxygen atoms in total. The van der Waals surface area contributed by atoms with Crippen LogP contribution in [0.3, 0.4) is 0 Å². The summed E-state index contributed by atoms with van der Waals surface area (Å²) in [5, 5.41) is 0. The molecule has 2 aromatic carbocycles. The van der Waals surface area contributed by atoms with Crippen LogP contribution < -0.4 is 14.2 Å². The summed E-state index contributed by atoms with van der Waals surface area (Å²) in [5.74, 6) is -4.68. The number of methoxy groups -OCH3 is 3. The molecule has 0 amide bonds. The minimum Gasteiger partial charge on any atom is -0.496 e. The van der Waals surface area contributed by atoms with Crippen molar-refractivity contribution in [2.24, 2.45) is 5.92 Å². The van der Waals surface area contributed by atoms with Crippen molar-refractivity contribution in [1.29, 1.82) is 0 Å². The van der Waals surface area contributed by atoms with Gasteiger partial charge < -0.3 is 18.9 Å². The van der Waals surface area contributed by atoms with Gasteiger partial charge in [0.05, 0.1) is 26.9 Å². The highest BCUT2D eigenvalue weighted by Gasteiger charge is 2.49. The van der Waals surface area contributed by atoms with E-state index in [9.17, 15) is 22.8 Å². The van der Waals surface area contributed by atoms with Crippen molar-refractivity contribution < 1.29 is 41.7 Å². The molecule has 0 spiro atoms. The fourth-order valence-corrected chi connectivity index (χ4v) is 3.45. The topological polar surface area (TPSA) is 71.1 Å². The van der Waals surface area contributed by atoms with Crippen LogP contribution in [0.4, 0.5) is 13.2 Å². The van der Waals surface area contributed by atoms with Gasteiger partial charge in [-0.2, -0.15) is 13.2 Å². The molecule has 0 bridgehead atoms. The van der Waals surface area contributed by atoms with E-state index < -0.39 is 35.5 Å². The second kappa shape index (κ2) is 7.65. The highest BCUT2D eigenvalue weighted by molar-refractivity contribution is 5.99. The van der Waals surface area contributed by atoms with Crippen LogP contribution in [-0.2, 0) is 20.5 Å². The molecule has 1 heterocycles. The SMILES string of the molecule is COC(=O)C1C(=O)Oc2cc(OC)cc(OC)c2C1c1ccccc1C(F)(F)F. The van der Waals surface area contributed by atoms with Crippen LogP contribution in [0, 0.1) is 5.92 Å². The molecule has 0 aromatic heterocycles. The van der Waals surface area contributed by atoms with Crippen LogP contribution in [0.1, 0.15) is 22.6 Å². The molecular weight excluding hydrogens is 393 g/mol. The molecule has 2 unspecified atom stereocenters. The molecular formula is C20H17F3O6. The molecule has 3 rings (SSSR count). The summed E-state index contributed by atoms with van der Waals surface area (Å²) < 4.78 is 61.5. The Bertz CT molecular complexity index is 954. The van der Waals surface area contributed by atoms with E-state index in [0.717, 1.165) is 13.2 Å². The molecule has 0 N–H and O–H groups in total. The molecule has 0 fully saturated rings. The Kier molecular flexibility index (Phi) is 5.41. The van der Waals surface area contributed by atoms with Crippen molar-refractivity contribution in [2.75, 3.05) is 21.3 Å². The van der Waals surface area contributed by atoms with E-state index in [0.29, 0.717) is 0 Å². The van der Waals surface area contributed by atoms with Crippen molar-refractivity contribution in [3.05, 3.63) is 53.1 Å². The maximum Gasteiger partial charge on any atom is 0.416 e. The van der Waals surface area contributed by atoms with Gasteiger partial charge in [0.2, 0.25) is 0 Å². The number of alkyl halides is 3. The summed E-state index contributed by atoms with van der Waals surface area (Å²) in [6.45, 7) is 0. The summed E-state index contributed by atoms with van der Waals surface area (Å²) in [4.78, 5) is 25.0. The minimum absolute atomic E-state index is 0.0478. The fraction of sp³-hybridized carbons (Fsp3) is 0.300. The van der Waals surface area contributed by atoms with Crippen LogP contribution >= 0.6 is 0 Å². The third-order valence-corrected chi connectivity index (χ3v) is 4.70. The molecule has 0 saturated heterocycles. The number of hydrogen-bond donors (Lipinski definition) is 0. The van der Waals surface area contributed by atoms with Gasteiger partial charge in [-0.15, -0.1) is 0 Å². The van der Waals surface area contributed by atoms with E-state index in [1.807, 2.05) is 0 Å². The first-order chi connectivity index (χ1) is 13.7. The fourth-order valence-electron chi connectivity index (χ4n) is 3.45. The number of carbonyl (C=O) groups excluding carboxylic acids is 2. The van der Waals surface area contributed by atoms with Gasteiger partial charge in [0.15, 0.2) is 5.92 Å². The molecule has 1 aliphatic rings. The first-order valence-corrected chi connectivity index (χ1v) is 8.44. The monoisotopic (exact) mass is 410 g/mol. The van der Waals surface area contributed by atoms with Crippen LogP contribution in [0.15, 0.2) is 36.4 Å². The zero-order chi connectivity index (χ0) is 21.3. The van der Waals surface area contributed by atoms with Gasteiger partial charge in [0, 0.05) is 23.6 Å². The van der Waals surface area contributed by atoms with Crippen molar-refractivity contribution in [3.63, 3.8) is 0 Å². The standard InChI is InChI=1S/C20H17F3O6/c1-26-10-8-13(27-2)16-14(9-10)29-19(25)17(18(24)28-3)15(16)11-6-4-5-7-12(11)20(21,22)23/h4-9,15,17H,1-3H3. The van der Waals surface area contributed by atoms with Gasteiger partial charge >= 0.3 is 18.1 Å². The number of hydrogen-bond acceptors (Lipinski definition) is 6. The first-order valence-electron chi connectivity index (χ1n) is 8.44. The molecule has 2 atom stereocenters. The Morgan fingerprint density at radius 3 is 2.34 bits per heavy atom. The number of carbonyl (C=O) groups is 2. The Morgan fingerprint density at radius 1 is 1.07 bits per heavy atom. The lowest BCUT2D eigenvalue weighted by molar-refractivity contribution is -0.158. The van der Waals surface area contributed by atoms with Crippen molar-refractivity contribution in [1.82, 2.24) is 0 Å². The van der Waals surface area contributed by atoms with Gasteiger partial charge in [0.1, 0.15) is 17.2 Å². The number of fused-ring (bicyclic) bond motifs is 1. The van der Waals surface area contributed by atoms with Gasteiger partial charge in [0.25, 0.3) is 0 Å². The van der Waals surface area contributed by atoms with Crippen LogP contribution in [0.2, 0.25) is 0 Å². The third-order valence-electron chi connectivity index (χ3n) is 4.70. The van der Waals surface area contributed by atoms with Crippen molar-refractivity contribution in [3.8, 4) is 17.2 Å². The van der Waals surface area contributed by atoms with E-state index in [1.54, 1.807) is 0 Å². The van der Waals surface area contributed by atoms with E-state index in [4.69, 9.17) is 14.2 Å². The largest absolute Gasteiger partial charge is 0.496 e. The first kappa shape index (κ1) is 20.5. The second-order valence-electron chi connectivity index (χ2n) is 6.23. The average molecular weight is 410 g/mol. The van der Waals surface area contributed by atoms with E-state index in [-0.39, 0.29) is 28.4 Å². The van der Waals surface area contributed by atoms with Crippen molar-refractivity contribution in [2.45, 2.75) is 12.1 Å². The van der Waals surface area contributed by atoms with Gasteiger partial charge in [-0.1, -0.05) is 18.2 Å². The number of ether oxygens (including phenoxy) is 4. The Labute approximate surface area is 164 Å². The predicted octanol–water partition coefficient (Wildman–Crippen LogP) is 3.56. The molecule has 29 heavy (non-hydrogen) atoms. The highest BCUT2D eigenvalue weighted by atomic mass is 19.4. The van der Waals surface area contributed by atoms with E-state index in [2.05, 4.69) is 4.74 Å². The second-order valence-corrected chi connectivity index (χ2v) is 6.23. The van der Waals surface area contributed by atoms with Gasteiger partial charge in [-0.3, -0.25) is 9.59 Å². The summed E-state index contributed by atoms with van der Waals surface area (Å²) in [5.41, 5.74) is -1.12. The van der Waals surface area contributed by atoms with Crippen LogP contribution in [0.5, 0.6) is 17.2 Å². The molecule has 0 saturated carbocycles. The summed E-state index contributed by atoms with van der Waals surface area (Å²) in [7, 11) is 3.73. The maximum atomic E-state index is 13.7. The molecule has 154 valence electrons. The number of halogens is 3. The number of benzene rings is 2. The highest BCUT2D eigenvalue weighted by Crippen LogP contribution is 2.51. The Balaban J connectivity index is 2.36. The summed E-state index contributed by atoms with van der Waals surface area (Å²) in [6.07, 6.45) is -4.71. The molecule has 0 aliphatic carbocycles. The van der Waals surface area contributed by atoms with E-state index >= 15 is 0 Å². The van der Waals surface area contributed by atoms with Crippen LogP contribution in [0.25, 0.3) is 0 Å².